The quantitative estimate of drug-likeness (QED) is 0.514. The summed E-state index contributed by atoms with van der Waals surface area (Å²) in [6.07, 6.45) is 1.53. The van der Waals surface area contributed by atoms with Crippen molar-refractivity contribution in [3.05, 3.63) is 93.5 Å². The SMILES string of the molecule is Cc1ccc(Cl)cc1N1C(=O)C(Cl)=C(Nc2cccc(C(=O)NCc3ccco3)c2)C1=O. The summed E-state index contributed by atoms with van der Waals surface area (Å²) in [5, 5.41) is 5.76. The van der Waals surface area contributed by atoms with Gasteiger partial charge in [0.25, 0.3) is 17.7 Å². The van der Waals surface area contributed by atoms with Gasteiger partial charge in [-0.25, -0.2) is 4.90 Å². The number of halogens is 2. The summed E-state index contributed by atoms with van der Waals surface area (Å²) in [6.45, 7) is 2.00. The molecule has 3 amide bonds. The molecule has 0 fully saturated rings. The number of carbonyl (C=O) groups is 3. The van der Waals surface area contributed by atoms with Crippen LogP contribution in [0.3, 0.4) is 0 Å². The van der Waals surface area contributed by atoms with Crippen LogP contribution in [0.2, 0.25) is 5.02 Å². The first kappa shape index (κ1) is 21.7. The molecule has 4 rings (SSSR count). The summed E-state index contributed by atoms with van der Waals surface area (Å²) in [5.41, 5.74) is 1.75. The van der Waals surface area contributed by atoms with E-state index in [2.05, 4.69) is 10.6 Å². The number of benzene rings is 2. The number of nitrogens with one attached hydrogen (secondary N) is 2. The maximum absolute atomic E-state index is 13.0. The Kier molecular flexibility index (Phi) is 6.03. The van der Waals surface area contributed by atoms with Crippen molar-refractivity contribution < 1.29 is 18.8 Å². The van der Waals surface area contributed by atoms with Gasteiger partial charge in [0.05, 0.1) is 18.5 Å². The van der Waals surface area contributed by atoms with Crippen LogP contribution in [0.4, 0.5) is 11.4 Å². The molecule has 0 spiro atoms. The molecule has 0 bridgehead atoms. The lowest BCUT2D eigenvalue weighted by atomic mass is 10.1. The molecule has 0 radical (unpaired) electrons. The predicted octanol–water partition coefficient (Wildman–Crippen LogP) is 4.61. The lowest BCUT2D eigenvalue weighted by Crippen LogP contribution is -2.32. The predicted molar refractivity (Wildman–Crippen MR) is 122 cm³/mol. The van der Waals surface area contributed by atoms with Crippen LogP contribution in [0.5, 0.6) is 0 Å². The fourth-order valence-electron chi connectivity index (χ4n) is 3.22. The molecule has 0 saturated carbocycles. The largest absolute Gasteiger partial charge is 0.467 e. The Labute approximate surface area is 193 Å². The van der Waals surface area contributed by atoms with Crippen molar-refractivity contribution in [2.45, 2.75) is 13.5 Å². The third-order valence-corrected chi connectivity index (χ3v) is 5.42. The Balaban J connectivity index is 1.53. The lowest BCUT2D eigenvalue weighted by Gasteiger charge is -2.18. The molecule has 0 unspecified atom stereocenters. The van der Waals surface area contributed by atoms with Crippen LogP contribution in [0.15, 0.2) is 76.0 Å². The van der Waals surface area contributed by atoms with Crippen molar-refractivity contribution in [1.29, 1.82) is 0 Å². The number of carbonyl (C=O) groups excluding carboxylic acids is 3. The second-order valence-corrected chi connectivity index (χ2v) is 7.85. The van der Waals surface area contributed by atoms with Gasteiger partial charge in [0.2, 0.25) is 0 Å². The van der Waals surface area contributed by atoms with Crippen molar-refractivity contribution in [3.8, 4) is 0 Å². The molecule has 2 aromatic carbocycles. The van der Waals surface area contributed by atoms with E-state index >= 15 is 0 Å². The van der Waals surface area contributed by atoms with Crippen molar-refractivity contribution >= 4 is 52.3 Å². The Morgan fingerprint density at radius 2 is 1.84 bits per heavy atom. The van der Waals surface area contributed by atoms with Gasteiger partial charge in [-0.1, -0.05) is 35.3 Å². The van der Waals surface area contributed by atoms with Crippen LogP contribution < -0.4 is 15.5 Å². The Morgan fingerprint density at radius 3 is 2.59 bits per heavy atom. The highest BCUT2D eigenvalue weighted by Crippen LogP contribution is 2.33. The average molecular weight is 470 g/mol. The smallest absolute Gasteiger partial charge is 0.283 e. The van der Waals surface area contributed by atoms with E-state index in [-0.39, 0.29) is 23.2 Å². The molecule has 9 heteroatoms. The van der Waals surface area contributed by atoms with Crippen LogP contribution in [0, 0.1) is 6.92 Å². The van der Waals surface area contributed by atoms with Crippen LogP contribution in [0.25, 0.3) is 0 Å². The number of hydrogen-bond acceptors (Lipinski definition) is 5. The maximum atomic E-state index is 13.0. The zero-order chi connectivity index (χ0) is 22.8. The summed E-state index contributed by atoms with van der Waals surface area (Å²) < 4.78 is 5.20. The van der Waals surface area contributed by atoms with Crippen LogP contribution in [-0.4, -0.2) is 17.7 Å². The van der Waals surface area contributed by atoms with E-state index in [1.54, 1.807) is 55.5 Å². The minimum absolute atomic E-state index is 0.0795. The zero-order valence-electron chi connectivity index (χ0n) is 16.8. The van der Waals surface area contributed by atoms with Gasteiger partial charge in [0.1, 0.15) is 16.5 Å². The molecule has 3 aromatic rings. The van der Waals surface area contributed by atoms with Crippen LogP contribution in [0.1, 0.15) is 21.7 Å². The topological polar surface area (TPSA) is 91.7 Å². The van der Waals surface area contributed by atoms with Crippen molar-refractivity contribution in [2.24, 2.45) is 0 Å². The van der Waals surface area contributed by atoms with Gasteiger partial charge in [-0.15, -0.1) is 0 Å². The minimum atomic E-state index is -0.656. The number of anilines is 2. The molecular weight excluding hydrogens is 453 g/mol. The molecule has 7 nitrogen and oxygen atoms in total. The number of aryl methyl sites for hydroxylation is 1. The minimum Gasteiger partial charge on any atom is -0.467 e. The van der Waals surface area contributed by atoms with Gasteiger partial charge < -0.3 is 15.1 Å². The monoisotopic (exact) mass is 469 g/mol. The molecule has 2 N–H and O–H groups in total. The van der Waals surface area contributed by atoms with Gasteiger partial charge in [0, 0.05) is 16.3 Å². The molecule has 0 saturated heterocycles. The summed E-state index contributed by atoms with van der Waals surface area (Å²) in [7, 11) is 0. The molecule has 1 aromatic heterocycles. The fraction of sp³-hybridized carbons (Fsp3) is 0.0870. The normalized spacial score (nSPS) is 13.7. The number of amides is 3. The summed E-state index contributed by atoms with van der Waals surface area (Å²) in [4.78, 5) is 39.2. The van der Waals surface area contributed by atoms with E-state index in [0.29, 0.717) is 33.3 Å². The number of furan rings is 1. The Hall–Kier alpha value is -3.55. The van der Waals surface area contributed by atoms with Gasteiger partial charge in [0.15, 0.2) is 0 Å². The maximum Gasteiger partial charge on any atom is 0.283 e. The van der Waals surface area contributed by atoms with Crippen molar-refractivity contribution in [3.63, 3.8) is 0 Å². The summed E-state index contributed by atoms with van der Waals surface area (Å²) >= 11 is 12.2. The van der Waals surface area contributed by atoms with Gasteiger partial charge in [-0.05, 0) is 55.0 Å². The molecule has 1 aliphatic rings. The second-order valence-electron chi connectivity index (χ2n) is 7.03. The van der Waals surface area contributed by atoms with E-state index in [1.807, 2.05) is 0 Å². The third kappa shape index (κ3) is 4.26. The average Bonchev–Trinajstić information content (AvgIpc) is 3.37. The Bertz CT molecular complexity index is 1250. The van der Waals surface area contributed by atoms with Crippen molar-refractivity contribution in [1.82, 2.24) is 5.32 Å². The molecule has 2 heterocycles. The van der Waals surface area contributed by atoms with Crippen molar-refractivity contribution in [2.75, 3.05) is 10.2 Å². The lowest BCUT2D eigenvalue weighted by molar-refractivity contribution is -0.120. The van der Waals surface area contributed by atoms with Crippen LogP contribution >= 0.6 is 23.2 Å². The number of hydrogen-bond donors (Lipinski definition) is 2. The highest BCUT2D eigenvalue weighted by Gasteiger charge is 2.39. The number of nitrogens with zero attached hydrogens (tertiary/aromatic N) is 1. The molecule has 162 valence electrons. The molecule has 0 atom stereocenters. The van der Waals surface area contributed by atoms with E-state index in [9.17, 15) is 14.4 Å². The second kappa shape index (κ2) is 8.90. The van der Waals surface area contributed by atoms with Gasteiger partial charge in [-0.3, -0.25) is 14.4 Å². The molecule has 0 aliphatic carbocycles. The van der Waals surface area contributed by atoms with Gasteiger partial charge in [-0.2, -0.15) is 0 Å². The molecular formula is C23H17Cl2N3O4. The summed E-state index contributed by atoms with van der Waals surface area (Å²) in [6, 6.07) is 14.9. The van der Waals surface area contributed by atoms with Gasteiger partial charge >= 0.3 is 0 Å². The number of imide groups is 1. The molecule has 32 heavy (non-hydrogen) atoms. The highest BCUT2D eigenvalue weighted by molar-refractivity contribution is 6.53. The first-order valence-electron chi connectivity index (χ1n) is 9.57. The van der Waals surface area contributed by atoms with E-state index in [1.165, 1.54) is 12.3 Å². The van der Waals surface area contributed by atoms with E-state index in [0.717, 1.165) is 4.90 Å². The third-order valence-electron chi connectivity index (χ3n) is 4.84. The van der Waals surface area contributed by atoms with E-state index < -0.39 is 11.8 Å². The Morgan fingerprint density at radius 1 is 1.03 bits per heavy atom. The van der Waals surface area contributed by atoms with Crippen LogP contribution in [-0.2, 0) is 16.1 Å². The zero-order valence-corrected chi connectivity index (χ0v) is 18.3. The number of rotatable bonds is 6. The fourth-order valence-corrected chi connectivity index (χ4v) is 3.60. The first-order valence-corrected chi connectivity index (χ1v) is 10.3. The summed E-state index contributed by atoms with van der Waals surface area (Å²) in [5.74, 6) is -0.971. The molecule has 1 aliphatic heterocycles. The first-order chi connectivity index (χ1) is 15.3. The highest BCUT2D eigenvalue weighted by atomic mass is 35.5. The standard InChI is InChI=1S/C23H17Cl2N3O4/c1-13-7-8-15(24)11-18(13)28-22(30)19(25)20(23(28)31)27-16-5-2-4-14(10-16)21(29)26-12-17-6-3-9-32-17/h2-11,27H,12H2,1H3,(H,26,29). The van der Waals surface area contributed by atoms with E-state index in [4.69, 9.17) is 27.6 Å².